The highest BCUT2D eigenvalue weighted by Crippen LogP contribution is 2.31. The fourth-order valence-electron chi connectivity index (χ4n) is 3.61. The lowest BCUT2D eigenvalue weighted by Gasteiger charge is -2.33. The molecule has 3 rings (SSSR count). The van der Waals surface area contributed by atoms with E-state index in [0.29, 0.717) is 11.6 Å². The number of aromatic carboxylic acids is 1. The average Bonchev–Trinajstić information content (AvgIpc) is 3.20. The number of likely N-dealkylation sites (tertiary alicyclic amines) is 1. The molecule has 2 heterocycles. The number of nitrogens with one attached hydrogen (secondary N) is 1. The Bertz CT molecular complexity index is 667. The van der Waals surface area contributed by atoms with Gasteiger partial charge in [0, 0.05) is 24.4 Å². The van der Waals surface area contributed by atoms with Crippen LogP contribution >= 0.6 is 11.3 Å². The number of rotatable bonds is 5. The van der Waals surface area contributed by atoms with Crippen LogP contribution in [-0.2, 0) is 16.1 Å². The van der Waals surface area contributed by atoms with Crippen molar-refractivity contribution >= 4 is 29.1 Å². The zero-order valence-corrected chi connectivity index (χ0v) is 15.1. The van der Waals surface area contributed by atoms with E-state index in [-0.39, 0.29) is 42.4 Å². The molecule has 0 bridgehead atoms. The molecular formula is C17H23N3O4S. The Morgan fingerprint density at radius 1 is 1.36 bits per heavy atom. The molecule has 1 aliphatic heterocycles. The second-order valence-corrected chi connectivity index (χ2v) is 7.95. The van der Waals surface area contributed by atoms with Crippen LogP contribution in [0.4, 0.5) is 0 Å². The summed E-state index contributed by atoms with van der Waals surface area (Å²) in [6.45, 7) is 2.93. The van der Waals surface area contributed by atoms with Gasteiger partial charge < -0.3 is 15.3 Å². The first-order chi connectivity index (χ1) is 11.9. The lowest BCUT2D eigenvalue weighted by Crippen LogP contribution is -2.40. The smallest absolute Gasteiger partial charge is 0.355 e. The van der Waals surface area contributed by atoms with E-state index in [1.165, 1.54) is 16.7 Å². The number of hydrogen-bond acceptors (Lipinski definition) is 5. The lowest BCUT2D eigenvalue weighted by atomic mass is 9.87. The minimum absolute atomic E-state index is 0.0111. The van der Waals surface area contributed by atoms with Gasteiger partial charge in [-0.05, 0) is 31.6 Å². The summed E-state index contributed by atoms with van der Waals surface area (Å²) in [7, 11) is 0. The predicted molar refractivity (Wildman–Crippen MR) is 92.2 cm³/mol. The summed E-state index contributed by atoms with van der Waals surface area (Å²) in [5.41, 5.74) is -0.0111. The van der Waals surface area contributed by atoms with Crippen LogP contribution in [0.1, 0.15) is 54.5 Å². The highest BCUT2D eigenvalue weighted by atomic mass is 32.1. The Hall–Kier alpha value is -1.96. The average molecular weight is 365 g/mol. The number of hydrogen-bond donors (Lipinski definition) is 2. The van der Waals surface area contributed by atoms with Crippen LogP contribution in [0.5, 0.6) is 0 Å². The molecule has 2 N–H and O–H groups in total. The molecule has 7 nitrogen and oxygen atoms in total. The molecule has 8 heteroatoms. The number of carbonyl (C=O) groups is 3. The predicted octanol–water partition coefficient (Wildman–Crippen LogP) is 1.88. The Morgan fingerprint density at radius 3 is 2.72 bits per heavy atom. The summed E-state index contributed by atoms with van der Waals surface area (Å²) >= 11 is 1.20. The van der Waals surface area contributed by atoms with Gasteiger partial charge in [0.2, 0.25) is 11.8 Å². The van der Waals surface area contributed by atoms with Gasteiger partial charge in [-0.1, -0.05) is 6.92 Å². The third-order valence-electron chi connectivity index (χ3n) is 5.14. The number of thiazole rings is 1. The zero-order chi connectivity index (χ0) is 18.0. The number of carboxylic acids is 1. The molecule has 0 unspecified atom stereocenters. The van der Waals surface area contributed by atoms with Crippen molar-refractivity contribution in [2.45, 2.75) is 51.6 Å². The monoisotopic (exact) mass is 365 g/mol. The Kier molecular flexibility index (Phi) is 5.36. The maximum atomic E-state index is 12.4. The summed E-state index contributed by atoms with van der Waals surface area (Å²) in [5, 5.41) is 13.6. The quantitative estimate of drug-likeness (QED) is 0.830. The van der Waals surface area contributed by atoms with Gasteiger partial charge in [0.1, 0.15) is 5.01 Å². The summed E-state index contributed by atoms with van der Waals surface area (Å²) < 4.78 is 0. The van der Waals surface area contributed by atoms with Gasteiger partial charge in [-0.3, -0.25) is 9.59 Å². The fraction of sp³-hybridized carbons (Fsp3) is 0.647. The van der Waals surface area contributed by atoms with Crippen LogP contribution in [0.2, 0.25) is 0 Å². The highest BCUT2D eigenvalue weighted by Gasteiger charge is 2.38. The molecule has 1 aromatic heterocycles. The second kappa shape index (κ2) is 7.51. The summed E-state index contributed by atoms with van der Waals surface area (Å²) in [4.78, 5) is 41.3. The minimum Gasteiger partial charge on any atom is -0.476 e. The van der Waals surface area contributed by atoms with Gasteiger partial charge in [-0.15, -0.1) is 11.3 Å². The maximum Gasteiger partial charge on any atom is 0.355 e. The second-order valence-electron chi connectivity index (χ2n) is 7.01. The number of amides is 2. The van der Waals surface area contributed by atoms with Gasteiger partial charge in [0.15, 0.2) is 5.69 Å². The van der Waals surface area contributed by atoms with Gasteiger partial charge in [-0.2, -0.15) is 0 Å². The summed E-state index contributed by atoms with van der Waals surface area (Å²) in [5.74, 6) is -0.769. The van der Waals surface area contributed by atoms with Crippen molar-refractivity contribution in [2.75, 3.05) is 6.54 Å². The molecular weight excluding hydrogens is 342 g/mol. The number of aromatic nitrogens is 1. The topological polar surface area (TPSA) is 99.6 Å². The van der Waals surface area contributed by atoms with E-state index in [1.54, 1.807) is 0 Å². The van der Waals surface area contributed by atoms with Gasteiger partial charge in [0.25, 0.3) is 0 Å². The molecule has 2 fully saturated rings. The van der Waals surface area contributed by atoms with Crippen molar-refractivity contribution in [1.82, 2.24) is 15.2 Å². The van der Waals surface area contributed by atoms with Gasteiger partial charge >= 0.3 is 5.97 Å². The molecule has 1 atom stereocenters. The lowest BCUT2D eigenvalue weighted by molar-refractivity contribution is -0.131. The molecule has 25 heavy (non-hydrogen) atoms. The van der Waals surface area contributed by atoms with Crippen LogP contribution in [-0.4, -0.2) is 45.4 Å². The van der Waals surface area contributed by atoms with Crippen LogP contribution in [0.25, 0.3) is 0 Å². The molecule has 2 amide bonds. The van der Waals surface area contributed by atoms with E-state index in [9.17, 15) is 14.4 Å². The van der Waals surface area contributed by atoms with E-state index in [1.807, 2.05) is 4.90 Å². The number of nitrogens with zero attached hydrogens (tertiary/aromatic N) is 2. The van der Waals surface area contributed by atoms with Crippen molar-refractivity contribution in [3.63, 3.8) is 0 Å². The third kappa shape index (κ3) is 4.18. The fourth-order valence-corrected chi connectivity index (χ4v) is 4.32. The first-order valence-electron chi connectivity index (χ1n) is 8.69. The summed E-state index contributed by atoms with van der Waals surface area (Å²) in [6, 6.07) is 0.276. The van der Waals surface area contributed by atoms with E-state index in [4.69, 9.17) is 5.11 Å². The molecule has 0 aromatic carbocycles. The molecule has 0 spiro atoms. The van der Waals surface area contributed by atoms with Crippen molar-refractivity contribution < 1.29 is 19.5 Å². The normalized spacial score (nSPS) is 26.7. The third-order valence-corrected chi connectivity index (χ3v) is 5.99. The molecule has 1 aliphatic carbocycles. The van der Waals surface area contributed by atoms with Crippen molar-refractivity contribution in [1.29, 1.82) is 0 Å². The van der Waals surface area contributed by atoms with Crippen LogP contribution in [0.15, 0.2) is 5.38 Å². The van der Waals surface area contributed by atoms with E-state index in [0.717, 1.165) is 31.6 Å². The first-order valence-corrected chi connectivity index (χ1v) is 9.57. The van der Waals surface area contributed by atoms with E-state index >= 15 is 0 Å². The largest absolute Gasteiger partial charge is 0.476 e. The minimum atomic E-state index is -1.08. The first kappa shape index (κ1) is 17.8. The maximum absolute atomic E-state index is 12.4. The van der Waals surface area contributed by atoms with Crippen LogP contribution in [0, 0.1) is 11.8 Å². The molecule has 136 valence electrons. The zero-order valence-electron chi connectivity index (χ0n) is 14.2. The van der Waals surface area contributed by atoms with Crippen LogP contribution in [0.3, 0.4) is 0 Å². The molecule has 0 radical (unpaired) electrons. The standard InChI is InChI=1S/C17H23N3O4S/c1-10-2-4-12(5-3-10)20-8-11(6-15(20)21)16(22)18-7-14-19-13(9-25-14)17(23)24/h9-12H,2-8H2,1H3,(H,18,22)(H,23,24)/t10?,11-,12?/m1/s1. The van der Waals surface area contributed by atoms with Crippen molar-refractivity contribution in [3.05, 3.63) is 16.1 Å². The van der Waals surface area contributed by atoms with E-state index < -0.39 is 5.97 Å². The van der Waals surface area contributed by atoms with Crippen molar-refractivity contribution in [3.8, 4) is 0 Å². The van der Waals surface area contributed by atoms with Gasteiger partial charge in [0.05, 0.1) is 12.5 Å². The molecule has 1 saturated heterocycles. The molecule has 1 saturated carbocycles. The van der Waals surface area contributed by atoms with Crippen LogP contribution < -0.4 is 5.32 Å². The number of carbonyl (C=O) groups excluding carboxylic acids is 2. The van der Waals surface area contributed by atoms with E-state index in [2.05, 4.69) is 17.2 Å². The highest BCUT2D eigenvalue weighted by molar-refractivity contribution is 7.09. The molecule has 1 aromatic rings. The Labute approximate surface area is 150 Å². The SMILES string of the molecule is CC1CCC(N2C[C@H](C(=O)NCc3nc(C(=O)O)cs3)CC2=O)CC1. The molecule has 2 aliphatic rings. The van der Waals surface area contributed by atoms with Crippen molar-refractivity contribution in [2.24, 2.45) is 11.8 Å². The Balaban J connectivity index is 1.51. The Morgan fingerprint density at radius 2 is 2.08 bits per heavy atom. The van der Waals surface area contributed by atoms with Gasteiger partial charge in [-0.25, -0.2) is 9.78 Å². The summed E-state index contributed by atoms with van der Waals surface area (Å²) in [6.07, 6.45) is 4.59. The number of carboxylic acid groups (broad SMARTS) is 1.